The zero-order valence-corrected chi connectivity index (χ0v) is 23.8. The van der Waals surface area contributed by atoms with E-state index in [-0.39, 0.29) is 17.2 Å². The Hall–Kier alpha value is -5.55. The summed E-state index contributed by atoms with van der Waals surface area (Å²) < 4.78 is 13.3. The normalized spacial score (nSPS) is 14.7. The van der Waals surface area contributed by atoms with E-state index in [1.165, 1.54) is 28.0 Å². The molecule has 0 fully saturated rings. The van der Waals surface area contributed by atoms with Crippen molar-refractivity contribution < 1.29 is 18.9 Å². The Balaban J connectivity index is 1.45. The largest absolute Gasteiger partial charge is 0.497 e. The highest BCUT2D eigenvalue weighted by molar-refractivity contribution is 7.07. The van der Waals surface area contributed by atoms with E-state index in [0.717, 1.165) is 0 Å². The zero-order chi connectivity index (χ0) is 30.1. The number of rotatable bonds is 7. The van der Waals surface area contributed by atoms with Crippen LogP contribution in [-0.4, -0.2) is 22.5 Å². The molecule has 0 aliphatic carbocycles. The van der Waals surface area contributed by atoms with Crippen LogP contribution < -0.4 is 24.9 Å². The van der Waals surface area contributed by atoms with Crippen molar-refractivity contribution in [2.75, 3.05) is 12.4 Å². The van der Waals surface area contributed by atoms with E-state index in [2.05, 4.69) is 10.3 Å². The van der Waals surface area contributed by atoms with Gasteiger partial charge in [0, 0.05) is 29.5 Å². The maximum Gasteiger partial charge on any atom is 0.271 e. The molecule has 0 spiro atoms. The van der Waals surface area contributed by atoms with Crippen molar-refractivity contribution in [3.8, 4) is 17.1 Å². The molecule has 43 heavy (non-hydrogen) atoms. The molecule has 0 saturated heterocycles. The first kappa shape index (κ1) is 27.6. The number of allylic oxidation sites excluding steroid dienone is 1. The van der Waals surface area contributed by atoms with Crippen LogP contribution in [0.4, 0.5) is 11.4 Å². The van der Waals surface area contributed by atoms with Crippen LogP contribution in [-0.2, 0) is 4.79 Å². The number of nitro groups is 1. The third kappa shape index (κ3) is 5.41. The van der Waals surface area contributed by atoms with Crippen LogP contribution in [0.5, 0.6) is 5.75 Å². The Morgan fingerprint density at radius 3 is 2.63 bits per heavy atom. The minimum Gasteiger partial charge on any atom is -0.497 e. The van der Waals surface area contributed by atoms with E-state index in [1.807, 2.05) is 30.3 Å². The molecule has 0 radical (unpaired) electrons. The smallest absolute Gasteiger partial charge is 0.271 e. The van der Waals surface area contributed by atoms with Gasteiger partial charge in [-0.05, 0) is 48.9 Å². The number of nitro benzene ring substituents is 1. The van der Waals surface area contributed by atoms with E-state index >= 15 is 0 Å². The van der Waals surface area contributed by atoms with Gasteiger partial charge < -0.3 is 14.5 Å². The second-order valence-corrected chi connectivity index (χ2v) is 10.7. The summed E-state index contributed by atoms with van der Waals surface area (Å²) in [4.78, 5) is 43.5. The van der Waals surface area contributed by atoms with Crippen LogP contribution in [0.25, 0.3) is 17.4 Å². The van der Waals surface area contributed by atoms with Crippen LogP contribution in [0.3, 0.4) is 0 Å². The quantitative estimate of drug-likeness (QED) is 0.208. The number of fused-ring (bicyclic) bond motifs is 1. The lowest BCUT2D eigenvalue weighted by Gasteiger charge is -2.25. The molecule has 1 atom stereocenters. The van der Waals surface area contributed by atoms with Crippen LogP contribution >= 0.6 is 11.3 Å². The van der Waals surface area contributed by atoms with E-state index in [9.17, 15) is 19.7 Å². The fourth-order valence-electron chi connectivity index (χ4n) is 4.95. The lowest BCUT2D eigenvalue weighted by Crippen LogP contribution is -2.40. The van der Waals surface area contributed by atoms with Crippen LogP contribution in [0.1, 0.15) is 24.3 Å². The molecule has 3 aromatic carbocycles. The molecule has 2 aromatic heterocycles. The van der Waals surface area contributed by atoms with Crippen molar-refractivity contribution in [3.63, 3.8) is 0 Å². The van der Waals surface area contributed by atoms with Crippen molar-refractivity contribution >= 4 is 34.7 Å². The molecule has 1 unspecified atom stereocenters. The molecule has 11 heteroatoms. The number of carbonyl (C=O) groups excluding carboxylic acids is 1. The van der Waals surface area contributed by atoms with Crippen molar-refractivity contribution in [1.29, 1.82) is 0 Å². The fourth-order valence-corrected chi connectivity index (χ4v) is 5.97. The van der Waals surface area contributed by atoms with Gasteiger partial charge in [-0.25, -0.2) is 4.99 Å². The van der Waals surface area contributed by atoms with Gasteiger partial charge >= 0.3 is 0 Å². The molecule has 3 heterocycles. The average molecular weight is 593 g/mol. The topological polar surface area (TPSA) is 129 Å². The van der Waals surface area contributed by atoms with Crippen molar-refractivity contribution in [3.05, 3.63) is 143 Å². The number of furan rings is 1. The minimum absolute atomic E-state index is 0.0521. The van der Waals surface area contributed by atoms with E-state index in [0.29, 0.717) is 54.7 Å². The number of aromatic nitrogens is 1. The second-order valence-electron chi connectivity index (χ2n) is 9.69. The molecule has 0 saturated carbocycles. The van der Waals surface area contributed by atoms with Gasteiger partial charge in [-0.3, -0.25) is 24.3 Å². The van der Waals surface area contributed by atoms with E-state index in [1.54, 1.807) is 68.6 Å². The number of benzene rings is 3. The number of ether oxygens (including phenoxy) is 1. The average Bonchev–Trinajstić information content (AvgIpc) is 3.61. The summed E-state index contributed by atoms with van der Waals surface area (Å²) in [5, 5.41) is 14.1. The van der Waals surface area contributed by atoms with E-state index < -0.39 is 11.0 Å². The molecular formula is C32H24N4O6S. The number of para-hydroxylation sites is 1. The second kappa shape index (κ2) is 11.4. The van der Waals surface area contributed by atoms with Gasteiger partial charge in [0.05, 0.1) is 33.9 Å². The summed E-state index contributed by atoms with van der Waals surface area (Å²) in [5.74, 6) is 1.03. The maximum atomic E-state index is 14.0. The highest BCUT2D eigenvalue weighted by Gasteiger charge is 2.33. The predicted octanol–water partition coefficient (Wildman–Crippen LogP) is 5.05. The Morgan fingerprint density at radius 2 is 1.86 bits per heavy atom. The number of hydrogen-bond donors (Lipinski definition) is 1. The Bertz CT molecular complexity index is 2090. The van der Waals surface area contributed by atoms with Gasteiger partial charge in [-0.15, -0.1) is 0 Å². The van der Waals surface area contributed by atoms with Crippen molar-refractivity contribution in [2.24, 2.45) is 4.99 Å². The molecule has 6 rings (SSSR count). The number of nitrogens with one attached hydrogen (secondary N) is 1. The number of methoxy groups -OCH3 is 1. The van der Waals surface area contributed by atoms with Gasteiger partial charge in [0.15, 0.2) is 4.80 Å². The molecule has 1 N–H and O–H groups in total. The first-order valence-corrected chi connectivity index (χ1v) is 14.0. The monoisotopic (exact) mass is 592 g/mol. The number of thiazole rings is 1. The molecule has 1 aliphatic rings. The highest BCUT2D eigenvalue weighted by Crippen LogP contribution is 2.32. The summed E-state index contributed by atoms with van der Waals surface area (Å²) in [7, 11) is 1.56. The molecule has 1 aliphatic heterocycles. The Morgan fingerprint density at radius 1 is 1.07 bits per heavy atom. The first-order chi connectivity index (χ1) is 20.8. The van der Waals surface area contributed by atoms with Crippen LogP contribution in [0, 0.1) is 10.1 Å². The van der Waals surface area contributed by atoms with Gasteiger partial charge in [0.25, 0.3) is 17.2 Å². The summed E-state index contributed by atoms with van der Waals surface area (Å²) in [6, 6.07) is 25.1. The summed E-state index contributed by atoms with van der Waals surface area (Å²) in [6.45, 7) is 1.75. The van der Waals surface area contributed by atoms with Crippen molar-refractivity contribution in [2.45, 2.75) is 13.0 Å². The fraction of sp³-hybridized carbons (Fsp3) is 0.0938. The molecule has 10 nitrogen and oxygen atoms in total. The Labute approximate surface area is 248 Å². The lowest BCUT2D eigenvalue weighted by atomic mass is 9.95. The lowest BCUT2D eigenvalue weighted by molar-refractivity contribution is -0.384. The third-order valence-corrected chi connectivity index (χ3v) is 7.93. The van der Waals surface area contributed by atoms with Gasteiger partial charge in [-0.1, -0.05) is 53.8 Å². The number of non-ortho nitro benzene ring substituents is 1. The summed E-state index contributed by atoms with van der Waals surface area (Å²) in [5.41, 5.74) is 2.27. The molecule has 1 amide bonds. The third-order valence-electron chi connectivity index (χ3n) is 6.95. The standard InChI is InChI=1S/C32H24N4O6S/c1-19-28(30(37)34-22-10-4-3-5-11-22)29(21-9-7-13-24(17-21)41-2)35-31(38)27(43-32(35)33-19)18-25-14-15-26(42-25)20-8-6-12-23(16-20)36(39)40/h3-18,29H,1-2H3,(H,34,37)/b27-18-. The summed E-state index contributed by atoms with van der Waals surface area (Å²) in [6.07, 6.45) is 1.61. The predicted molar refractivity (Wildman–Crippen MR) is 163 cm³/mol. The van der Waals surface area contributed by atoms with Crippen LogP contribution in [0.15, 0.2) is 116 Å². The highest BCUT2D eigenvalue weighted by atomic mass is 32.1. The molecule has 5 aromatic rings. The number of carbonyl (C=O) groups is 1. The maximum absolute atomic E-state index is 14.0. The SMILES string of the molecule is COc1cccc(C2C(C(=O)Nc3ccccc3)=C(C)N=c3s/c(=C\c4ccc(-c5cccc([N+](=O)[O-])c5)o4)c(=O)n32)c1. The Kier molecular flexibility index (Phi) is 7.31. The molecule has 0 bridgehead atoms. The summed E-state index contributed by atoms with van der Waals surface area (Å²) >= 11 is 1.18. The molecular weight excluding hydrogens is 568 g/mol. The van der Waals surface area contributed by atoms with Crippen LogP contribution in [0.2, 0.25) is 0 Å². The number of amides is 1. The number of hydrogen-bond acceptors (Lipinski definition) is 8. The van der Waals surface area contributed by atoms with Gasteiger partial charge in [0.2, 0.25) is 0 Å². The number of anilines is 1. The van der Waals surface area contributed by atoms with Crippen molar-refractivity contribution in [1.82, 2.24) is 4.57 Å². The van der Waals surface area contributed by atoms with E-state index in [4.69, 9.17) is 9.15 Å². The minimum atomic E-state index is -0.769. The molecule has 214 valence electrons. The zero-order valence-electron chi connectivity index (χ0n) is 23.0. The van der Waals surface area contributed by atoms with Gasteiger partial charge in [-0.2, -0.15) is 0 Å². The first-order valence-electron chi connectivity index (χ1n) is 13.2. The van der Waals surface area contributed by atoms with Gasteiger partial charge in [0.1, 0.15) is 17.3 Å². The number of nitrogens with zero attached hydrogens (tertiary/aromatic N) is 3.